The lowest BCUT2D eigenvalue weighted by atomic mass is 9.90. The molecule has 1 aromatic rings. The Bertz CT molecular complexity index is 332. The van der Waals surface area contributed by atoms with Gasteiger partial charge in [0.1, 0.15) is 0 Å². The largest absolute Gasteiger partial charge is 0.313 e. The average molecular weight is 310 g/mol. The maximum absolute atomic E-state index is 3.87. The van der Waals surface area contributed by atoms with Gasteiger partial charge in [-0.15, -0.1) is 11.3 Å². The fourth-order valence-corrected chi connectivity index (χ4v) is 3.63. The van der Waals surface area contributed by atoms with E-state index in [-0.39, 0.29) is 5.41 Å². The number of unbranched alkanes of at least 4 members (excludes halogenated alkanes) is 4. The summed E-state index contributed by atoms with van der Waals surface area (Å²) in [6.45, 7) is 10.4. The highest BCUT2D eigenvalue weighted by Crippen LogP contribution is 2.27. The van der Waals surface area contributed by atoms with Gasteiger partial charge in [-0.3, -0.25) is 0 Å². The van der Waals surface area contributed by atoms with Crippen LogP contribution >= 0.6 is 11.3 Å². The fourth-order valence-electron chi connectivity index (χ4n) is 2.78. The van der Waals surface area contributed by atoms with Gasteiger partial charge < -0.3 is 5.32 Å². The van der Waals surface area contributed by atoms with E-state index < -0.39 is 0 Å². The van der Waals surface area contributed by atoms with Gasteiger partial charge in [-0.1, -0.05) is 72.3 Å². The van der Waals surface area contributed by atoms with Gasteiger partial charge in [0.2, 0.25) is 0 Å². The topological polar surface area (TPSA) is 12.0 Å². The molecule has 0 unspecified atom stereocenters. The summed E-state index contributed by atoms with van der Waals surface area (Å²) in [4.78, 5) is 1.50. The number of rotatable bonds is 12. The average Bonchev–Trinajstić information content (AvgIpc) is 2.99. The molecule has 0 aliphatic carbocycles. The minimum Gasteiger partial charge on any atom is -0.313 e. The van der Waals surface area contributed by atoms with Crippen LogP contribution in [0.1, 0.15) is 83.9 Å². The van der Waals surface area contributed by atoms with Crippen molar-refractivity contribution < 1.29 is 0 Å². The van der Waals surface area contributed by atoms with Gasteiger partial charge >= 0.3 is 0 Å². The molecule has 1 nitrogen and oxygen atoms in total. The first kappa shape index (κ1) is 18.7. The molecule has 0 spiro atoms. The van der Waals surface area contributed by atoms with E-state index in [0.717, 1.165) is 6.54 Å². The molecule has 0 aliphatic heterocycles. The lowest BCUT2D eigenvalue weighted by Crippen LogP contribution is -2.39. The van der Waals surface area contributed by atoms with Crippen LogP contribution < -0.4 is 5.32 Å². The summed E-state index contributed by atoms with van der Waals surface area (Å²) in [7, 11) is 0. The van der Waals surface area contributed by atoms with Crippen LogP contribution in [-0.2, 0) is 5.41 Å². The first-order valence-corrected chi connectivity index (χ1v) is 9.75. The third-order valence-corrected chi connectivity index (χ3v) is 5.57. The van der Waals surface area contributed by atoms with Gasteiger partial charge in [0.25, 0.3) is 0 Å². The summed E-state index contributed by atoms with van der Waals surface area (Å²) in [5.74, 6) is 0. The number of thiophene rings is 1. The molecule has 1 rings (SSSR count). The molecular weight excluding hydrogens is 274 g/mol. The standard InChI is InChI=1S/C19H35NS/c1-5-7-9-12-17(13-10-8-6-2)20-16-19(3,4)18-14-11-15-21-18/h11,14-15,17,20H,5-10,12-13,16H2,1-4H3. The Labute approximate surface area is 136 Å². The predicted molar refractivity (Wildman–Crippen MR) is 97.4 cm³/mol. The maximum atomic E-state index is 3.87. The highest BCUT2D eigenvalue weighted by molar-refractivity contribution is 7.10. The fraction of sp³-hybridized carbons (Fsp3) is 0.789. The highest BCUT2D eigenvalue weighted by Gasteiger charge is 2.22. The summed E-state index contributed by atoms with van der Waals surface area (Å²) >= 11 is 1.88. The SMILES string of the molecule is CCCCCC(CCCCC)NCC(C)(C)c1cccs1. The van der Waals surface area contributed by atoms with Crippen molar-refractivity contribution in [3.8, 4) is 0 Å². The maximum Gasteiger partial charge on any atom is 0.0115 e. The summed E-state index contributed by atoms with van der Waals surface area (Å²) in [5.41, 5.74) is 0.252. The second kappa shape index (κ2) is 10.4. The molecule has 122 valence electrons. The third-order valence-electron chi connectivity index (χ3n) is 4.33. The summed E-state index contributed by atoms with van der Waals surface area (Å²) in [6.07, 6.45) is 10.8. The van der Waals surface area contributed by atoms with Crippen LogP contribution in [0.15, 0.2) is 17.5 Å². The molecule has 2 heteroatoms. The van der Waals surface area contributed by atoms with E-state index >= 15 is 0 Å². The smallest absolute Gasteiger partial charge is 0.0115 e. The molecule has 1 heterocycles. The zero-order valence-electron chi connectivity index (χ0n) is 14.6. The molecule has 0 saturated carbocycles. The van der Waals surface area contributed by atoms with Crippen LogP contribution in [0.2, 0.25) is 0 Å². The normalized spacial score (nSPS) is 12.2. The van der Waals surface area contributed by atoms with E-state index in [9.17, 15) is 0 Å². The van der Waals surface area contributed by atoms with Crippen LogP contribution in [0.4, 0.5) is 0 Å². The molecule has 0 bridgehead atoms. The van der Waals surface area contributed by atoms with Crippen LogP contribution in [-0.4, -0.2) is 12.6 Å². The first-order valence-electron chi connectivity index (χ1n) is 8.87. The van der Waals surface area contributed by atoms with Crippen molar-refractivity contribution in [3.63, 3.8) is 0 Å². The Kier molecular flexibility index (Phi) is 9.26. The van der Waals surface area contributed by atoms with E-state index in [4.69, 9.17) is 0 Å². The molecule has 0 aliphatic rings. The first-order chi connectivity index (χ1) is 10.1. The van der Waals surface area contributed by atoms with Crippen LogP contribution in [0.5, 0.6) is 0 Å². The van der Waals surface area contributed by atoms with Crippen LogP contribution in [0.25, 0.3) is 0 Å². The Hall–Kier alpha value is -0.340. The van der Waals surface area contributed by atoms with E-state index in [1.54, 1.807) is 0 Å². The van der Waals surface area contributed by atoms with Gasteiger partial charge in [-0.2, -0.15) is 0 Å². The molecule has 1 N–H and O–H groups in total. The number of nitrogens with one attached hydrogen (secondary N) is 1. The van der Waals surface area contributed by atoms with Gasteiger partial charge in [0.15, 0.2) is 0 Å². The molecule has 0 aromatic carbocycles. The Morgan fingerprint density at radius 1 is 1.05 bits per heavy atom. The monoisotopic (exact) mass is 309 g/mol. The van der Waals surface area contributed by atoms with Crippen molar-refractivity contribution >= 4 is 11.3 Å². The van der Waals surface area contributed by atoms with Crippen LogP contribution in [0.3, 0.4) is 0 Å². The number of hydrogen-bond donors (Lipinski definition) is 1. The second-order valence-corrected chi connectivity index (χ2v) is 7.88. The Balaban J connectivity index is 2.42. The van der Waals surface area contributed by atoms with Crippen LogP contribution in [0, 0.1) is 0 Å². The highest BCUT2D eigenvalue weighted by atomic mass is 32.1. The van der Waals surface area contributed by atoms with Crippen molar-refractivity contribution in [1.82, 2.24) is 5.32 Å². The number of hydrogen-bond acceptors (Lipinski definition) is 2. The summed E-state index contributed by atoms with van der Waals surface area (Å²) in [6, 6.07) is 5.15. The predicted octanol–water partition coefficient (Wildman–Crippen LogP) is 6.14. The van der Waals surface area contributed by atoms with Gasteiger partial charge in [0, 0.05) is 22.9 Å². The zero-order valence-corrected chi connectivity index (χ0v) is 15.4. The van der Waals surface area contributed by atoms with E-state index in [2.05, 4.69) is 50.5 Å². The lowest BCUT2D eigenvalue weighted by molar-refractivity contribution is 0.374. The van der Waals surface area contributed by atoms with E-state index in [1.807, 2.05) is 11.3 Å². The van der Waals surface area contributed by atoms with E-state index in [1.165, 1.54) is 56.2 Å². The third kappa shape index (κ3) is 7.46. The minimum atomic E-state index is 0.252. The van der Waals surface area contributed by atoms with Crippen molar-refractivity contribution in [3.05, 3.63) is 22.4 Å². The van der Waals surface area contributed by atoms with Crippen molar-refractivity contribution in [1.29, 1.82) is 0 Å². The molecule has 0 atom stereocenters. The quantitative estimate of drug-likeness (QED) is 0.457. The van der Waals surface area contributed by atoms with Crippen molar-refractivity contribution in [2.24, 2.45) is 0 Å². The molecule has 0 radical (unpaired) electrons. The van der Waals surface area contributed by atoms with Crippen molar-refractivity contribution in [2.45, 2.75) is 90.5 Å². The van der Waals surface area contributed by atoms with Crippen molar-refractivity contribution in [2.75, 3.05) is 6.54 Å². The van der Waals surface area contributed by atoms with Gasteiger partial charge in [-0.05, 0) is 24.3 Å². The molecule has 0 saturated heterocycles. The molecule has 0 fully saturated rings. The zero-order chi connectivity index (χ0) is 15.6. The van der Waals surface area contributed by atoms with E-state index in [0.29, 0.717) is 6.04 Å². The molecule has 0 amide bonds. The minimum absolute atomic E-state index is 0.252. The van der Waals surface area contributed by atoms with Gasteiger partial charge in [-0.25, -0.2) is 0 Å². The summed E-state index contributed by atoms with van der Waals surface area (Å²) < 4.78 is 0. The molecular formula is C19H35NS. The second-order valence-electron chi connectivity index (χ2n) is 6.93. The summed E-state index contributed by atoms with van der Waals surface area (Å²) in [5, 5.41) is 6.06. The van der Waals surface area contributed by atoms with Gasteiger partial charge in [0.05, 0.1) is 0 Å². The lowest BCUT2D eigenvalue weighted by Gasteiger charge is -2.28. The molecule has 1 aromatic heterocycles. The Morgan fingerprint density at radius 3 is 2.14 bits per heavy atom. The Morgan fingerprint density at radius 2 is 1.67 bits per heavy atom. The molecule has 21 heavy (non-hydrogen) atoms.